The maximum Gasteiger partial charge on any atom is 0.194 e. The fraction of sp³-hybridized carbons (Fsp3) is 0.789. The van der Waals surface area contributed by atoms with Gasteiger partial charge in [0.1, 0.15) is 0 Å². The van der Waals surface area contributed by atoms with E-state index < -0.39 is 0 Å². The fourth-order valence-electron chi connectivity index (χ4n) is 3.97. The summed E-state index contributed by atoms with van der Waals surface area (Å²) in [5.74, 6) is 1.86. The molecule has 0 spiro atoms. The Bertz CT molecular complexity index is 582. The van der Waals surface area contributed by atoms with E-state index >= 15 is 0 Å². The van der Waals surface area contributed by atoms with E-state index in [1.54, 1.807) is 11.3 Å². The van der Waals surface area contributed by atoms with Gasteiger partial charge >= 0.3 is 0 Å². The van der Waals surface area contributed by atoms with E-state index in [1.807, 2.05) is 0 Å². The first-order valence-corrected chi connectivity index (χ1v) is 10.7. The lowest BCUT2D eigenvalue weighted by Gasteiger charge is -2.29. The summed E-state index contributed by atoms with van der Waals surface area (Å²) < 4.78 is 0. The summed E-state index contributed by atoms with van der Waals surface area (Å²) in [5, 5.41) is 4.63. The molecule has 1 aromatic rings. The minimum Gasteiger partial charge on any atom is -0.357 e. The van der Waals surface area contributed by atoms with Crippen LogP contribution in [0.15, 0.2) is 4.99 Å². The van der Waals surface area contributed by atoms with E-state index in [0.29, 0.717) is 0 Å². The Kier molecular flexibility index (Phi) is 9.09. The van der Waals surface area contributed by atoms with Gasteiger partial charge in [0.15, 0.2) is 5.96 Å². The second-order valence-electron chi connectivity index (χ2n) is 7.37. The molecule has 1 N–H and O–H groups in total. The number of hydrogen-bond acceptors (Lipinski definition) is 4. The molecule has 26 heavy (non-hydrogen) atoms. The number of aromatic nitrogens is 1. The van der Waals surface area contributed by atoms with Gasteiger partial charge in [-0.25, -0.2) is 9.98 Å². The van der Waals surface area contributed by atoms with Gasteiger partial charge in [0.25, 0.3) is 0 Å². The number of nitrogens with zero attached hydrogens (tertiary/aromatic N) is 4. The van der Waals surface area contributed by atoms with Crippen molar-refractivity contribution >= 4 is 41.3 Å². The van der Waals surface area contributed by atoms with Crippen molar-refractivity contribution in [2.75, 3.05) is 39.3 Å². The van der Waals surface area contributed by atoms with E-state index in [-0.39, 0.29) is 24.0 Å². The monoisotopic (exact) mass is 491 g/mol. The summed E-state index contributed by atoms with van der Waals surface area (Å²) in [4.78, 5) is 15.8. The molecule has 0 aliphatic carbocycles. The van der Waals surface area contributed by atoms with Gasteiger partial charge in [-0.2, -0.15) is 0 Å². The Balaban J connectivity index is 0.00000243. The number of halogens is 1. The van der Waals surface area contributed by atoms with Gasteiger partial charge in [-0.1, -0.05) is 6.42 Å². The second-order valence-corrected chi connectivity index (χ2v) is 8.66. The molecular weight excluding hydrogens is 457 g/mol. The van der Waals surface area contributed by atoms with Crippen LogP contribution >= 0.6 is 35.3 Å². The highest BCUT2D eigenvalue weighted by Crippen LogP contribution is 2.21. The van der Waals surface area contributed by atoms with Crippen molar-refractivity contribution in [1.82, 2.24) is 20.1 Å². The molecule has 0 aromatic carbocycles. The zero-order valence-electron chi connectivity index (χ0n) is 16.5. The van der Waals surface area contributed by atoms with E-state index in [1.165, 1.54) is 50.2 Å². The summed E-state index contributed by atoms with van der Waals surface area (Å²) in [5.41, 5.74) is 1.13. The number of likely N-dealkylation sites (tertiary alicyclic amines) is 2. The summed E-state index contributed by atoms with van der Waals surface area (Å²) in [6.07, 6.45) is 5.48. The standard InChI is InChI=1S/C19H33N5S.HI/c1-4-20-19(21-12-18-15(2)22-16(3)25-18)24-11-8-17(14-24)13-23-9-6-5-7-10-23;/h17H,4-14H2,1-3H3,(H,20,21);1H. The van der Waals surface area contributed by atoms with Crippen molar-refractivity contribution in [2.24, 2.45) is 10.9 Å². The maximum atomic E-state index is 4.91. The van der Waals surface area contributed by atoms with E-state index in [2.05, 4.69) is 40.9 Å². The maximum absolute atomic E-state index is 4.91. The van der Waals surface area contributed by atoms with Crippen LogP contribution in [-0.4, -0.2) is 60.0 Å². The van der Waals surface area contributed by atoms with Gasteiger partial charge in [-0.05, 0) is 59.0 Å². The lowest BCUT2D eigenvalue weighted by molar-refractivity contribution is 0.198. The van der Waals surface area contributed by atoms with Crippen LogP contribution in [0.4, 0.5) is 0 Å². The molecule has 0 bridgehead atoms. The van der Waals surface area contributed by atoms with Crippen molar-refractivity contribution in [2.45, 2.75) is 53.0 Å². The van der Waals surface area contributed by atoms with Gasteiger partial charge in [0, 0.05) is 31.1 Å². The van der Waals surface area contributed by atoms with Crippen molar-refractivity contribution in [3.8, 4) is 0 Å². The Hall–Kier alpha value is -0.410. The Morgan fingerprint density at radius 3 is 2.65 bits per heavy atom. The third-order valence-electron chi connectivity index (χ3n) is 5.26. The van der Waals surface area contributed by atoms with Crippen LogP contribution in [0.25, 0.3) is 0 Å². The zero-order valence-corrected chi connectivity index (χ0v) is 19.6. The predicted octanol–water partition coefficient (Wildman–Crippen LogP) is 3.65. The molecule has 1 aromatic heterocycles. The summed E-state index contributed by atoms with van der Waals surface area (Å²) >= 11 is 1.77. The van der Waals surface area contributed by atoms with Crippen LogP contribution in [0, 0.1) is 19.8 Å². The molecule has 3 rings (SSSR count). The number of piperidine rings is 1. The van der Waals surface area contributed by atoms with Crippen LogP contribution in [0.5, 0.6) is 0 Å². The Morgan fingerprint density at radius 2 is 2.00 bits per heavy atom. The molecule has 0 radical (unpaired) electrons. The van der Waals surface area contributed by atoms with Crippen molar-refractivity contribution in [1.29, 1.82) is 0 Å². The van der Waals surface area contributed by atoms with Crippen LogP contribution in [0.1, 0.15) is 48.2 Å². The first-order valence-electron chi connectivity index (χ1n) is 9.84. The van der Waals surface area contributed by atoms with Crippen molar-refractivity contribution in [3.63, 3.8) is 0 Å². The molecule has 7 heteroatoms. The van der Waals surface area contributed by atoms with Gasteiger partial charge in [0.2, 0.25) is 0 Å². The van der Waals surface area contributed by atoms with Gasteiger partial charge in [0.05, 0.1) is 17.2 Å². The number of thiazole rings is 1. The Labute approximate surface area is 179 Å². The van der Waals surface area contributed by atoms with Gasteiger partial charge in [-0.3, -0.25) is 0 Å². The molecule has 2 aliphatic heterocycles. The number of guanidine groups is 1. The first-order chi connectivity index (χ1) is 12.2. The van der Waals surface area contributed by atoms with Gasteiger partial charge in [-0.15, -0.1) is 35.3 Å². The summed E-state index contributed by atoms with van der Waals surface area (Å²) in [6, 6.07) is 0. The predicted molar refractivity (Wildman–Crippen MR) is 122 cm³/mol. The molecule has 148 valence electrons. The molecule has 3 heterocycles. The zero-order chi connectivity index (χ0) is 17.6. The van der Waals surface area contributed by atoms with Crippen molar-refractivity contribution < 1.29 is 0 Å². The minimum atomic E-state index is 0. The molecule has 2 aliphatic rings. The number of aryl methyl sites for hydroxylation is 2. The molecule has 1 unspecified atom stereocenters. The van der Waals surface area contributed by atoms with Crippen LogP contribution in [0.3, 0.4) is 0 Å². The Morgan fingerprint density at radius 1 is 1.23 bits per heavy atom. The summed E-state index contributed by atoms with van der Waals surface area (Å²) in [7, 11) is 0. The van der Waals surface area contributed by atoms with Crippen LogP contribution in [0.2, 0.25) is 0 Å². The third-order valence-corrected chi connectivity index (χ3v) is 6.31. The lowest BCUT2D eigenvalue weighted by atomic mass is 10.1. The van der Waals surface area contributed by atoms with E-state index in [0.717, 1.165) is 48.8 Å². The average Bonchev–Trinajstić information content (AvgIpc) is 3.18. The highest BCUT2D eigenvalue weighted by Gasteiger charge is 2.27. The number of hydrogen-bond donors (Lipinski definition) is 1. The number of aliphatic imine (C=N–C) groups is 1. The fourth-order valence-corrected chi connectivity index (χ4v) is 4.84. The van der Waals surface area contributed by atoms with E-state index in [9.17, 15) is 0 Å². The van der Waals surface area contributed by atoms with Gasteiger partial charge < -0.3 is 15.1 Å². The normalized spacial score (nSPS) is 21.7. The van der Waals surface area contributed by atoms with Crippen LogP contribution in [-0.2, 0) is 6.54 Å². The topological polar surface area (TPSA) is 43.8 Å². The van der Waals surface area contributed by atoms with Crippen LogP contribution < -0.4 is 5.32 Å². The molecule has 5 nitrogen and oxygen atoms in total. The smallest absolute Gasteiger partial charge is 0.194 e. The minimum absolute atomic E-state index is 0. The second kappa shape index (κ2) is 10.8. The largest absolute Gasteiger partial charge is 0.357 e. The summed E-state index contributed by atoms with van der Waals surface area (Å²) in [6.45, 7) is 14.1. The lowest BCUT2D eigenvalue weighted by Crippen LogP contribution is -2.41. The van der Waals surface area contributed by atoms with Crippen molar-refractivity contribution in [3.05, 3.63) is 15.6 Å². The highest BCUT2D eigenvalue weighted by atomic mass is 127. The molecule has 0 saturated carbocycles. The SMILES string of the molecule is CCNC(=NCc1sc(C)nc1C)N1CCC(CN2CCCCC2)C1.I. The molecular formula is C19H34IN5S. The molecule has 0 amide bonds. The number of nitrogens with one attached hydrogen (secondary N) is 1. The molecule has 2 saturated heterocycles. The molecule has 2 fully saturated rings. The first kappa shape index (κ1) is 21.9. The number of rotatable bonds is 5. The molecule has 1 atom stereocenters. The quantitative estimate of drug-likeness (QED) is 0.388. The average molecular weight is 491 g/mol. The van der Waals surface area contributed by atoms with E-state index in [4.69, 9.17) is 4.99 Å². The third kappa shape index (κ3) is 6.05. The highest BCUT2D eigenvalue weighted by molar-refractivity contribution is 14.0.